The van der Waals surface area contributed by atoms with Gasteiger partial charge in [0.1, 0.15) is 6.17 Å². The van der Waals surface area contributed by atoms with E-state index in [0.29, 0.717) is 19.6 Å². The van der Waals surface area contributed by atoms with Gasteiger partial charge in [0, 0.05) is 25.6 Å². The molecule has 2 aliphatic rings. The lowest BCUT2D eigenvalue weighted by Crippen LogP contribution is -2.28. The summed E-state index contributed by atoms with van der Waals surface area (Å²) in [5.41, 5.74) is 1.07. The van der Waals surface area contributed by atoms with Gasteiger partial charge >= 0.3 is 5.97 Å². The maximum Gasteiger partial charge on any atom is 0.306 e. The van der Waals surface area contributed by atoms with Crippen molar-refractivity contribution >= 4 is 5.97 Å². The van der Waals surface area contributed by atoms with E-state index in [4.69, 9.17) is 4.74 Å². The van der Waals surface area contributed by atoms with Crippen LogP contribution in [0.4, 0.5) is 4.39 Å². The lowest BCUT2D eigenvalue weighted by Gasteiger charge is -2.23. The minimum atomic E-state index is -0.833. The molecule has 22 heavy (non-hydrogen) atoms. The Hall–Kier alpha value is -1.42. The lowest BCUT2D eigenvalue weighted by atomic mass is 9.84. The second kappa shape index (κ2) is 6.37. The number of benzene rings is 1. The molecule has 1 aromatic carbocycles. The molecule has 1 saturated heterocycles. The molecule has 4 heteroatoms. The van der Waals surface area contributed by atoms with Crippen molar-refractivity contribution in [1.82, 2.24) is 4.90 Å². The number of rotatable bonds is 6. The minimum Gasteiger partial charge on any atom is -0.466 e. The van der Waals surface area contributed by atoms with E-state index < -0.39 is 6.17 Å². The number of esters is 1. The first-order valence-electron chi connectivity index (χ1n) is 8.19. The van der Waals surface area contributed by atoms with E-state index in [9.17, 15) is 9.18 Å². The average molecular weight is 305 g/mol. The van der Waals surface area contributed by atoms with Crippen molar-refractivity contribution in [2.24, 2.45) is 11.3 Å². The first-order valence-corrected chi connectivity index (χ1v) is 8.19. The molecule has 1 aromatic rings. The van der Waals surface area contributed by atoms with E-state index in [1.165, 1.54) is 5.56 Å². The molecule has 1 aliphatic heterocycles. The maximum atomic E-state index is 14.5. The maximum absolute atomic E-state index is 14.5. The van der Waals surface area contributed by atoms with Crippen LogP contribution in [-0.2, 0) is 16.1 Å². The minimum absolute atomic E-state index is 0.0272. The highest BCUT2D eigenvalue weighted by atomic mass is 19.1. The van der Waals surface area contributed by atoms with Gasteiger partial charge in [0.15, 0.2) is 0 Å². The summed E-state index contributed by atoms with van der Waals surface area (Å²) in [6.45, 7) is 4.22. The summed E-state index contributed by atoms with van der Waals surface area (Å²) in [7, 11) is 0. The fourth-order valence-corrected chi connectivity index (χ4v) is 3.73. The second-order valence-corrected chi connectivity index (χ2v) is 6.65. The van der Waals surface area contributed by atoms with Gasteiger partial charge in [-0.2, -0.15) is 0 Å². The highest BCUT2D eigenvalue weighted by Crippen LogP contribution is 2.58. The van der Waals surface area contributed by atoms with E-state index in [2.05, 4.69) is 17.0 Å². The van der Waals surface area contributed by atoms with Crippen molar-refractivity contribution in [3.63, 3.8) is 0 Å². The van der Waals surface area contributed by atoms with Crippen molar-refractivity contribution in [2.75, 3.05) is 19.7 Å². The molecule has 0 radical (unpaired) electrons. The third-order valence-electron chi connectivity index (χ3n) is 5.05. The van der Waals surface area contributed by atoms with Gasteiger partial charge in [0.25, 0.3) is 0 Å². The molecule has 120 valence electrons. The third-order valence-corrected chi connectivity index (χ3v) is 5.05. The first-order chi connectivity index (χ1) is 10.6. The van der Waals surface area contributed by atoms with Crippen LogP contribution >= 0.6 is 0 Å². The fourth-order valence-electron chi connectivity index (χ4n) is 3.73. The highest BCUT2D eigenvalue weighted by Gasteiger charge is 2.56. The summed E-state index contributed by atoms with van der Waals surface area (Å²) < 4.78 is 19.6. The Bertz CT molecular complexity index is 515. The van der Waals surface area contributed by atoms with Gasteiger partial charge < -0.3 is 4.74 Å². The van der Waals surface area contributed by atoms with Crippen molar-refractivity contribution in [3.05, 3.63) is 35.9 Å². The Morgan fingerprint density at radius 1 is 1.32 bits per heavy atom. The van der Waals surface area contributed by atoms with Crippen LogP contribution in [0.3, 0.4) is 0 Å². The third kappa shape index (κ3) is 3.32. The molecule has 2 fully saturated rings. The number of nitrogens with zero attached hydrogens (tertiary/aromatic N) is 1. The number of hydrogen-bond acceptors (Lipinski definition) is 3. The summed E-state index contributed by atoms with van der Waals surface area (Å²) in [6, 6.07) is 10.2. The molecular formula is C18H24FNO2. The number of likely N-dealkylation sites (tertiary alicyclic amines) is 1. The normalized spacial score (nSPS) is 26.8. The van der Waals surface area contributed by atoms with Gasteiger partial charge in [-0.25, -0.2) is 4.39 Å². The van der Waals surface area contributed by atoms with Crippen LogP contribution in [0.2, 0.25) is 0 Å². The molecule has 1 saturated carbocycles. The van der Waals surface area contributed by atoms with Crippen LogP contribution in [0, 0.1) is 11.3 Å². The summed E-state index contributed by atoms with van der Waals surface area (Å²) in [4.78, 5) is 14.0. The van der Waals surface area contributed by atoms with E-state index >= 15 is 0 Å². The summed E-state index contributed by atoms with van der Waals surface area (Å²) in [5.74, 6) is -0.200. The fraction of sp³-hybridized carbons (Fsp3) is 0.611. The van der Waals surface area contributed by atoms with Crippen LogP contribution in [-0.4, -0.2) is 36.7 Å². The zero-order valence-electron chi connectivity index (χ0n) is 13.1. The zero-order chi connectivity index (χ0) is 15.6. The second-order valence-electron chi connectivity index (χ2n) is 6.65. The molecule has 0 bridgehead atoms. The molecule has 3 rings (SSSR count). The van der Waals surface area contributed by atoms with Crippen LogP contribution in [0.25, 0.3) is 0 Å². The monoisotopic (exact) mass is 305 g/mol. The van der Waals surface area contributed by atoms with Crippen molar-refractivity contribution in [1.29, 1.82) is 0 Å². The van der Waals surface area contributed by atoms with E-state index in [1.807, 2.05) is 25.1 Å². The number of alkyl halides is 1. The molecule has 0 N–H and O–H groups in total. The molecule has 2 atom stereocenters. The van der Waals surface area contributed by atoms with Crippen LogP contribution in [0.1, 0.15) is 31.7 Å². The Morgan fingerprint density at radius 2 is 2.05 bits per heavy atom. The van der Waals surface area contributed by atoms with Gasteiger partial charge in [-0.3, -0.25) is 9.69 Å². The van der Waals surface area contributed by atoms with Crippen LogP contribution in [0.15, 0.2) is 30.3 Å². The van der Waals surface area contributed by atoms with Gasteiger partial charge in [0.05, 0.1) is 13.0 Å². The van der Waals surface area contributed by atoms with Crippen LogP contribution < -0.4 is 0 Å². The Kier molecular flexibility index (Phi) is 4.48. The van der Waals surface area contributed by atoms with Crippen molar-refractivity contribution < 1.29 is 13.9 Å². The largest absolute Gasteiger partial charge is 0.466 e. The lowest BCUT2D eigenvalue weighted by molar-refractivity contribution is -0.145. The summed E-state index contributed by atoms with van der Waals surface area (Å²) >= 11 is 0. The van der Waals surface area contributed by atoms with Gasteiger partial charge in [0.2, 0.25) is 0 Å². The molecule has 3 nitrogen and oxygen atoms in total. The van der Waals surface area contributed by atoms with E-state index in [-0.39, 0.29) is 17.3 Å². The Balaban J connectivity index is 1.60. The molecule has 0 amide bonds. The first kappa shape index (κ1) is 15.5. The highest BCUT2D eigenvalue weighted by molar-refractivity contribution is 5.71. The SMILES string of the molecule is CCOC(=O)CC1(C2CN(Cc3ccccc3)CC2F)CC1. The molecule has 0 spiro atoms. The predicted octanol–water partition coefficient (Wildman–Crippen LogP) is 3.19. The molecule has 2 unspecified atom stereocenters. The number of carbonyl (C=O) groups excluding carboxylic acids is 1. The molecule has 1 aliphatic carbocycles. The van der Waals surface area contributed by atoms with E-state index in [0.717, 1.165) is 25.9 Å². The van der Waals surface area contributed by atoms with Crippen molar-refractivity contribution in [3.8, 4) is 0 Å². The van der Waals surface area contributed by atoms with Crippen LogP contribution in [0.5, 0.6) is 0 Å². The Morgan fingerprint density at radius 3 is 2.68 bits per heavy atom. The number of halogens is 1. The van der Waals surface area contributed by atoms with E-state index in [1.54, 1.807) is 0 Å². The summed E-state index contributed by atoms with van der Waals surface area (Å²) in [5, 5.41) is 0. The standard InChI is InChI=1S/C18H24FNO2/c1-2-22-17(21)10-18(8-9-18)15-12-20(13-16(15)19)11-14-6-4-3-5-7-14/h3-7,15-16H,2,8-13H2,1H3. The predicted molar refractivity (Wildman–Crippen MR) is 83.0 cm³/mol. The Labute approximate surface area is 131 Å². The number of hydrogen-bond donors (Lipinski definition) is 0. The smallest absolute Gasteiger partial charge is 0.306 e. The van der Waals surface area contributed by atoms with Gasteiger partial charge in [-0.1, -0.05) is 30.3 Å². The zero-order valence-corrected chi connectivity index (χ0v) is 13.1. The number of ether oxygens (including phenoxy) is 1. The summed E-state index contributed by atoms with van der Waals surface area (Å²) in [6.07, 6.45) is 1.46. The molecule has 0 aromatic heterocycles. The molecule has 1 heterocycles. The van der Waals surface area contributed by atoms with Gasteiger partial charge in [-0.05, 0) is 30.7 Å². The quantitative estimate of drug-likeness (QED) is 0.756. The molecular weight excluding hydrogens is 281 g/mol. The topological polar surface area (TPSA) is 29.5 Å². The number of carbonyl (C=O) groups is 1. The average Bonchev–Trinajstić information content (AvgIpc) is 3.16. The van der Waals surface area contributed by atoms with Gasteiger partial charge in [-0.15, -0.1) is 0 Å². The van der Waals surface area contributed by atoms with Crippen molar-refractivity contribution in [2.45, 2.75) is 38.9 Å².